The predicted octanol–water partition coefficient (Wildman–Crippen LogP) is 3.90. The Morgan fingerprint density at radius 3 is 2.38 bits per heavy atom. The van der Waals surface area contributed by atoms with E-state index in [1.807, 2.05) is 53.1 Å². The van der Waals surface area contributed by atoms with Crippen LogP contribution in [0.25, 0.3) is 0 Å². The third kappa shape index (κ3) is 4.38. The lowest BCUT2D eigenvalue weighted by molar-refractivity contribution is 0.0507. The summed E-state index contributed by atoms with van der Waals surface area (Å²) >= 11 is 0. The van der Waals surface area contributed by atoms with E-state index in [1.165, 1.54) is 6.42 Å². The minimum absolute atomic E-state index is 0.0732. The van der Waals surface area contributed by atoms with Gasteiger partial charge in [-0.2, -0.15) is 5.10 Å². The molecule has 2 amide bonds. The van der Waals surface area contributed by atoms with Gasteiger partial charge in [0.25, 0.3) is 11.8 Å². The molecule has 0 saturated carbocycles. The van der Waals surface area contributed by atoms with E-state index in [2.05, 4.69) is 24.0 Å². The Bertz CT molecular complexity index is 951. The van der Waals surface area contributed by atoms with Crippen LogP contribution in [0.3, 0.4) is 0 Å². The van der Waals surface area contributed by atoms with E-state index in [-0.39, 0.29) is 29.8 Å². The van der Waals surface area contributed by atoms with Gasteiger partial charge in [-0.15, -0.1) is 0 Å². The molecule has 172 valence electrons. The van der Waals surface area contributed by atoms with Gasteiger partial charge in [-0.3, -0.25) is 14.7 Å². The number of nitrogens with zero attached hydrogens (tertiary/aromatic N) is 4. The molecule has 1 N–H and O–H groups in total. The van der Waals surface area contributed by atoms with Crippen molar-refractivity contribution in [2.45, 2.75) is 64.0 Å². The van der Waals surface area contributed by atoms with E-state index < -0.39 is 0 Å². The summed E-state index contributed by atoms with van der Waals surface area (Å²) in [5, 5.41) is 7.35. The van der Waals surface area contributed by atoms with Gasteiger partial charge in [-0.25, -0.2) is 0 Å². The van der Waals surface area contributed by atoms with Crippen molar-refractivity contribution in [1.29, 1.82) is 0 Å². The number of rotatable bonds is 4. The third-order valence-corrected chi connectivity index (χ3v) is 7.13. The Morgan fingerprint density at radius 1 is 1.03 bits per heavy atom. The molecule has 0 bridgehead atoms. The summed E-state index contributed by atoms with van der Waals surface area (Å²) < 4.78 is 0. The molecule has 0 aliphatic carbocycles. The maximum Gasteiger partial charge on any atom is 0.257 e. The number of carbonyl (C=O) groups is 2. The quantitative estimate of drug-likeness (QED) is 0.787. The second kappa shape index (κ2) is 9.35. The Balaban J connectivity index is 1.43. The van der Waals surface area contributed by atoms with Crippen molar-refractivity contribution in [3.63, 3.8) is 0 Å². The average molecular weight is 438 g/mol. The van der Waals surface area contributed by atoms with Crippen molar-refractivity contribution in [3.8, 4) is 0 Å². The van der Waals surface area contributed by atoms with E-state index in [0.717, 1.165) is 42.6 Å². The monoisotopic (exact) mass is 437 g/mol. The third-order valence-electron chi connectivity index (χ3n) is 7.13. The minimum atomic E-state index is 0.0732. The molecule has 1 aromatic heterocycles. The highest BCUT2D eigenvalue weighted by Gasteiger charge is 2.34. The fraction of sp³-hybridized carbons (Fsp3) is 0.560. The standard InChI is InChI=1S/C25H35N5O2/c1-17-7-5-8-18(2)30(17)25(32)22-16-26-27-23(22)19-11-13-29(14-12-19)24(31)20-9-6-10-21(15-20)28(3)4/h6,9-10,15-19H,5,7-8,11-14H2,1-4H3,(H,26,27)/t17-,18-/m1/s1. The van der Waals surface area contributed by atoms with Crippen LogP contribution in [0.2, 0.25) is 0 Å². The largest absolute Gasteiger partial charge is 0.378 e. The minimum Gasteiger partial charge on any atom is -0.378 e. The van der Waals surface area contributed by atoms with Gasteiger partial charge in [0.1, 0.15) is 0 Å². The fourth-order valence-electron chi connectivity index (χ4n) is 5.21. The normalized spacial score (nSPS) is 22.1. The molecule has 2 aromatic rings. The van der Waals surface area contributed by atoms with Crippen LogP contribution in [0.5, 0.6) is 0 Å². The molecule has 7 heteroatoms. The van der Waals surface area contributed by atoms with Gasteiger partial charge in [0, 0.05) is 56.4 Å². The molecule has 2 fully saturated rings. The topological polar surface area (TPSA) is 72.5 Å². The van der Waals surface area contributed by atoms with Crippen molar-refractivity contribution in [2.24, 2.45) is 0 Å². The van der Waals surface area contributed by atoms with Crippen LogP contribution in [0.1, 0.15) is 78.3 Å². The maximum atomic E-state index is 13.4. The molecule has 0 spiro atoms. The zero-order valence-electron chi connectivity index (χ0n) is 19.7. The number of benzene rings is 1. The molecule has 7 nitrogen and oxygen atoms in total. The fourth-order valence-corrected chi connectivity index (χ4v) is 5.21. The Morgan fingerprint density at radius 2 is 1.72 bits per heavy atom. The van der Waals surface area contributed by atoms with E-state index in [0.29, 0.717) is 18.7 Å². The van der Waals surface area contributed by atoms with Crippen molar-refractivity contribution in [3.05, 3.63) is 47.3 Å². The van der Waals surface area contributed by atoms with Crippen molar-refractivity contribution >= 4 is 17.5 Å². The predicted molar refractivity (Wildman–Crippen MR) is 126 cm³/mol. The van der Waals surface area contributed by atoms with Crippen LogP contribution < -0.4 is 4.90 Å². The van der Waals surface area contributed by atoms with Gasteiger partial charge in [-0.1, -0.05) is 6.07 Å². The van der Waals surface area contributed by atoms with Crippen LogP contribution in [-0.4, -0.2) is 71.1 Å². The number of likely N-dealkylation sites (tertiary alicyclic amines) is 2. The number of amides is 2. The molecule has 2 aliphatic heterocycles. The zero-order chi connectivity index (χ0) is 22.8. The first-order valence-electron chi connectivity index (χ1n) is 11.8. The Kier molecular flexibility index (Phi) is 6.53. The van der Waals surface area contributed by atoms with Gasteiger partial charge < -0.3 is 14.7 Å². The number of H-pyrrole nitrogens is 1. The summed E-state index contributed by atoms with van der Waals surface area (Å²) in [6.45, 7) is 5.64. The van der Waals surface area contributed by atoms with Crippen molar-refractivity contribution in [1.82, 2.24) is 20.0 Å². The summed E-state index contributed by atoms with van der Waals surface area (Å²) in [7, 11) is 3.95. The van der Waals surface area contributed by atoms with Crippen LogP contribution in [0.15, 0.2) is 30.5 Å². The summed E-state index contributed by atoms with van der Waals surface area (Å²) in [6.07, 6.45) is 6.63. The second-order valence-corrected chi connectivity index (χ2v) is 9.55. The van der Waals surface area contributed by atoms with Gasteiger partial charge in [0.15, 0.2) is 0 Å². The van der Waals surface area contributed by atoms with E-state index >= 15 is 0 Å². The average Bonchev–Trinajstić information content (AvgIpc) is 3.28. The van der Waals surface area contributed by atoms with E-state index in [9.17, 15) is 9.59 Å². The van der Waals surface area contributed by atoms with E-state index in [1.54, 1.807) is 6.20 Å². The molecule has 4 rings (SSSR count). The SMILES string of the molecule is C[C@@H]1CCC[C@@H](C)N1C(=O)c1cn[nH]c1C1CCN(C(=O)c2cccc(N(C)C)c2)CC1. The Labute approximate surface area is 190 Å². The number of nitrogens with one attached hydrogen (secondary N) is 1. The molecule has 32 heavy (non-hydrogen) atoms. The number of anilines is 1. The highest BCUT2D eigenvalue weighted by molar-refractivity contribution is 5.96. The molecule has 3 heterocycles. The van der Waals surface area contributed by atoms with Gasteiger partial charge in [-0.05, 0) is 64.2 Å². The lowest BCUT2D eigenvalue weighted by Crippen LogP contribution is -2.47. The highest BCUT2D eigenvalue weighted by atomic mass is 16.2. The molecule has 2 atom stereocenters. The molecular formula is C25H35N5O2. The maximum absolute atomic E-state index is 13.4. The van der Waals surface area contributed by atoms with E-state index in [4.69, 9.17) is 0 Å². The lowest BCUT2D eigenvalue weighted by Gasteiger charge is -2.39. The summed E-state index contributed by atoms with van der Waals surface area (Å²) in [6, 6.07) is 8.28. The van der Waals surface area contributed by atoms with Crippen molar-refractivity contribution < 1.29 is 9.59 Å². The molecule has 0 radical (unpaired) electrons. The first-order chi connectivity index (χ1) is 15.4. The zero-order valence-corrected chi connectivity index (χ0v) is 19.7. The first-order valence-corrected chi connectivity index (χ1v) is 11.8. The number of carbonyl (C=O) groups excluding carboxylic acids is 2. The summed E-state index contributed by atoms with van der Waals surface area (Å²) in [4.78, 5) is 32.4. The smallest absolute Gasteiger partial charge is 0.257 e. The molecule has 1 aromatic carbocycles. The van der Waals surface area contributed by atoms with Crippen LogP contribution >= 0.6 is 0 Å². The molecule has 2 saturated heterocycles. The van der Waals surface area contributed by atoms with Crippen LogP contribution in [-0.2, 0) is 0 Å². The Hall–Kier alpha value is -2.83. The second-order valence-electron chi connectivity index (χ2n) is 9.55. The van der Waals surface area contributed by atoms with Gasteiger partial charge in [0.2, 0.25) is 0 Å². The van der Waals surface area contributed by atoms with Gasteiger partial charge >= 0.3 is 0 Å². The highest BCUT2D eigenvalue weighted by Crippen LogP contribution is 2.32. The lowest BCUT2D eigenvalue weighted by atomic mass is 9.89. The number of hydrogen-bond acceptors (Lipinski definition) is 4. The van der Waals surface area contributed by atoms with Crippen LogP contribution in [0, 0.1) is 0 Å². The first kappa shape index (κ1) is 22.4. The van der Waals surface area contributed by atoms with Gasteiger partial charge in [0.05, 0.1) is 17.5 Å². The molecule has 2 aliphatic rings. The number of aromatic amines is 1. The number of aromatic nitrogens is 2. The number of hydrogen-bond donors (Lipinski definition) is 1. The molecular weight excluding hydrogens is 402 g/mol. The van der Waals surface area contributed by atoms with Crippen LogP contribution in [0.4, 0.5) is 5.69 Å². The van der Waals surface area contributed by atoms with Crippen molar-refractivity contribution in [2.75, 3.05) is 32.1 Å². The number of piperidine rings is 2. The summed E-state index contributed by atoms with van der Waals surface area (Å²) in [5.41, 5.74) is 3.38. The molecule has 0 unspecified atom stereocenters. The summed E-state index contributed by atoms with van der Waals surface area (Å²) in [5.74, 6) is 0.375.